The summed E-state index contributed by atoms with van der Waals surface area (Å²) >= 11 is 0. The fourth-order valence-electron chi connectivity index (χ4n) is 2.78. The van der Waals surface area contributed by atoms with Crippen LogP contribution in [0, 0.1) is 0 Å². The van der Waals surface area contributed by atoms with Crippen molar-refractivity contribution in [3.05, 3.63) is 0 Å². The van der Waals surface area contributed by atoms with Crippen LogP contribution in [0.4, 0.5) is 0 Å². The summed E-state index contributed by atoms with van der Waals surface area (Å²) in [5.74, 6) is 0. The van der Waals surface area contributed by atoms with E-state index in [1.54, 1.807) is 0 Å². The number of hydrogen-bond donors (Lipinski definition) is 1. The van der Waals surface area contributed by atoms with E-state index in [0.29, 0.717) is 24.4 Å². The highest BCUT2D eigenvalue weighted by Crippen LogP contribution is 2.22. The minimum Gasteiger partial charge on any atom is -0.376 e. The fraction of sp³-hybridized carbons (Fsp3) is 1.00. The molecule has 0 amide bonds. The molecule has 0 aromatic heterocycles. The van der Waals surface area contributed by atoms with Gasteiger partial charge in [0.2, 0.25) is 0 Å². The Balaban J connectivity index is 1.76. The summed E-state index contributed by atoms with van der Waals surface area (Å²) in [6.07, 6.45) is 3.59. The lowest BCUT2D eigenvalue weighted by molar-refractivity contribution is -0.0689. The molecule has 2 saturated heterocycles. The molecule has 4 atom stereocenters. The first kappa shape index (κ1) is 13.3. The lowest BCUT2D eigenvalue weighted by Crippen LogP contribution is -2.50. The second-order valence-electron chi connectivity index (χ2n) is 5.46. The van der Waals surface area contributed by atoms with Gasteiger partial charge in [-0.05, 0) is 33.7 Å². The number of ether oxygens (including phenoxy) is 2. The van der Waals surface area contributed by atoms with E-state index < -0.39 is 0 Å². The van der Waals surface area contributed by atoms with Crippen molar-refractivity contribution in [1.29, 1.82) is 0 Å². The first-order valence-corrected chi connectivity index (χ1v) is 6.84. The zero-order valence-corrected chi connectivity index (χ0v) is 11.3. The van der Waals surface area contributed by atoms with E-state index in [1.165, 1.54) is 12.8 Å². The van der Waals surface area contributed by atoms with Gasteiger partial charge < -0.3 is 14.8 Å². The maximum atomic E-state index is 6.04. The molecule has 2 fully saturated rings. The van der Waals surface area contributed by atoms with Gasteiger partial charge in [-0.25, -0.2) is 0 Å². The van der Waals surface area contributed by atoms with Gasteiger partial charge in [-0.1, -0.05) is 0 Å². The van der Waals surface area contributed by atoms with Gasteiger partial charge in [0, 0.05) is 25.7 Å². The number of likely N-dealkylation sites (N-methyl/N-ethyl adjacent to an activating group) is 1. The molecule has 0 spiro atoms. The SMILES string of the molecule is CNCC1CCC(CN2CC(C)OCC2C)O1. The zero-order valence-electron chi connectivity index (χ0n) is 11.3. The monoisotopic (exact) mass is 242 g/mol. The molecular weight excluding hydrogens is 216 g/mol. The number of rotatable bonds is 4. The van der Waals surface area contributed by atoms with Crippen LogP contribution in [0.1, 0.15) is 26.7 Å². The lowest BCUT2D eigenvalue weighted by Gasteiger charge is -2.38. The minimum atomic E-state index is 0.362. The third kappa shape index (κ3) is 3.65. The minimum absolute atomic E-state index is 0.362. The second kappa shape index (κ2) is 6.14. The molecule has 100 valence electrons. The van der Waals surface area contributed by atoms with Crippen LogP contribution in [-0.4, -0.2) is 62.5 Å². The normalized spacial score (nSPS) is 39.7. The molecule has 2 aliphatic heterocycles. The average Bonchev–Trinajstić information content (AvgIpc) is 2.72. The Morgan fingerprint density at radius 2 is 2.00 bits per heavy atom. The molecule has 2 aliphatic rings. The van der Waals surface area contributed by atoms with Gasteiger partial charge in [0.15, 0.2) is 0 Å². The topological polar surface area (TPSA) is 33.7 Å². The van der Waals surface area contributed by atoms with Gasteiger partial charge in [-0.2, -0.15) is 0 Å². The van der Waals surface area contributed by atoms with E-state index in [1.807, 2.05) is 7.05 Å². The molecule has 2 rings (SSSR count). The molecule has 0 aromatic rings. The number of nitrogens with zero attached hydrogens (tertiary/aromatic N) is 1. The quantitative estimate of drug-likeness (QED) is 0.793. The molecule has 17 heavy (non-hydrogen) atoms. The van der Waals surface area contributed by atoms with Crippen molar-refractivity contribution in [3.8, 4) is 0 Å². The third-order valence-corrected chi connectivity index (χ3v) is 3.80. The van der Waals surface area contributed by atoms with E-state index in [0.717, 1.165) is 26.2 Å². The van der Waals surface area contributed by atoms with Crippen LogP contribution in [0.3, 0.4) is 0 Å². The Bertz CT molecular complexity index is 237. The van der Waals surface area contributed by atoms with Gasteiger partial charge in [-0.15, -0.1) is 0 Å². The number of nitrogens with one attached hydrogen (secondary N) is 1. The van der Waals surface area contributed by atoms with Crippen molar-refractivity contribution >= 4 is 0 Å². The van der Waals surface area contributed by atoms with Gasteiger partial charge in [-0.3, -0.25) is 4.90 Å². The largest absolute Gasteiger partial charge is 0.376 e. The molecule has 0 aromatic carbocycles. The summed E-state index contributed by atoms with van der Waals surface area (Å²) < 4.78 is 11.7. The second-order valence-corrected chi connectivity index (χ2v) is 5.46. The lowest BCUT2D eigenvalue weighted by atomic mass is 10.1. The molecule has 0 aliphatic carbocycles. The summed E-state index contributed by atoms with van der Waals surface area (Å²) in [6.45, 7) is 8.33. The Hall–Kier alpha value is -0.160. The molecule has 0 bridgehead atoms. The summed E-state index contributed by atoms with van der Waals surface area (Å²) in [5.41, 5.74) is 0. The maximum Gasteiger partial charge on any atom is 0.0707 e. The number of hydrogen-bond acceptors (Lipinski definition) is 4. The van der Waals surface area contributed by atoms with Crippen LogP contribution in [0.5, 0.6) is 0 Å². The third-order valence-electron chi connectivity index (χ3n) is 3.80. The first-order valence-electron chi connectivity index (χ1n) is 6.84. The van der Waals surface area contributed by atoms with Gasteiger partial charge >= 0.3 is 0 Å². The summed E-state index contributed by atoms with van der Waals surface area (Å²) in [7, 11) is 1.99. The Kier molecular flexibility index (Phi) is 4.79. The Labute approximate surface area is 105 Å². The predicted octanol–water partition coefficient (Wildman–Crippen LogP) is 0.863. The highest BCUT2D eigenvalue weighted by Gasteiger charge is 2.30. The Morgan fingerprint density at radius 3 is 2.76 bits per heavy atom. The molecular formula is C13H26N2O2. The van der Waals surface area contributed by atoms with Crippen LogP contribution in [0.15, 0.2) is 0 Å². The van der Waals surface area contributed by atoms with Crippen molar-refractivity contribution in [2.45, 2.75) is 51.0 Å². The van der Waals surface area contributed by atoms with E-state index in [2.05, 4.69) is 24.1 Å². The summed E-state index contributed by atoms with van der Waals surface area (Å²) in [4.78, 5) is 2.51. The van der Waals surface area contributed by atoms with Gasteiger partial charge in [0.25, 0.3) is 0 Å². The van der Waals surface area contributed by atoms with Crippen molar-refractivity contribution in [2.75, 3.05) is 33.3 Å². The standard InChI is InChI=1S/C13H26N2O2/c1-10-9-16-11(2)7-15(10)8-13-5-4-12(17-13)6-14-3/h10-14H,4-9H2,1-3H3. The molecule has 4 nitrogen and oxygen atoms in total. The van der Waals surface area contributed by atoms with Gasteiger partial charge in [0.05, 0.1) is 24.9 Å². The van der Waals surface area contributed by atoms with Crippen molar-refractivity contribution in [2.24, 2.45) is 0 Å². The molecule has 0 radical (unpaired) electrons. The van der Waals surface area contributed by atoms with Crippen molar-refractivity contribution in [3.63, 3.8) is 0 Å². The van der Waals surface area contributed by atoms with E-state index in [-0.39, 0.29) is 0 Å². The van der Waals surface area contributed by atoms with Crippen LogP contribution in [0.2, 0.25) is 0 Å². The van der Waals surface area contributed by atoms with Crippen LogP contribution in [0.25, 0.3) is 0 Å². The molecule has 4 heteroatoms. The average molecular weight is 242 g/mol. The highest BCUT2D eigenvalue weighted by molar-refractivity contribution is 4.82. The Morgan fingerprint density at radius 1 is 1.24 bits per heavy atom. The van der Waals surface area contributed by atoms with Gasteiger partial charge in [0.1, 0.15) is 0 Å². The first-order chi connectivity index (χ1) is 8.19. The van der Waals surface area contributed by atoms with Crippen LogP contribution >= 0.6 is 0 Å². The smallest absolute Gasteiger partial charge is 0.0707 e. The maximum absolute atomic E-state index is 6.04. The molecule has 0 saturated carbocycles. The van der Waals surface area contributed by atoms with E-state index in [4.69, 9.17) is 9.47 Å². The summed E-state index contributed by atoms with van der Waals surface area (Å²) in [5, 5.41) is 3.19. The van der Waals surface area contributed by atoms with Crippen LogP contribution in [-0.2, 0) is 9.47 Å². The molecule has 4 unspecified atom stereocenters. The molecule has 1 N–H and O–H groups in total. The summed E-state index contributed by atoms with van der Waals surface area (Å²) in [6, 6.07) is 0.526. The predicted molar refractivity (Wildman–Crippen MR) is 68.3 cm³/mol. The van der Waals surface area contributed by atoms with E-state index in [9.17, 15) is 0 Å². The van der Waals surface area contributed by atoms with Crippen molar-refractivity contribution < 1.29 is 9.47 Å². The zero-order chi connectivity index (χ0) is 12.3. The van der Waals surface area contributed by atoms with Crippen molar-refractivity contribution in [1.82, 2.24) is 10.2 Å². The highest BCUT2D eigenvalue weighted by atomic mass is 16.5. The molecule has 2 heterocycles. The van der Waals surface area contributed by atoms with E-state index >= 15 is 0 Å². The number of morpholine rings is 1. The fourth-order valence-corrected chi connectivity index (χ4v) is 2.78. The van der Waals surface area contributed by atoms with Crippen LogP contribution < -0.4 is 5.32 Å².